The maximum Gasteiger partial charge on any atom is 0.00958 e. The van der Waals surface area contributed by atoms with Crippen LogP contribution in [0.1, 0.15) is 66.7 Å². The Morgan fingerprint density at radius 3 is 2.25 bits per heavy atom. The highest BCUT2D eigenvalue weighted by molar-refractivity contribution is 4.83. The van der Waals surface area contributed by atoms with Gasteiger partial charge in [0.05, 0.1) is 0 Å². The summed E-state index contributed by atoms with van der Waals surface area (Å²) in [6.45, 7) is 16.7. The van der Waals surface area contributed by atoms with E-state index >= 15 is 0 Å². The summed E-state index contributed by atoms with van der Waals surface area (Å²) < 4.78 is 0. The maximum atomic E-state index is 3.77. The second kappa shape index (κ2) is 9.78. The summed E-state index contributed by atoms with van der Waals surface area (Å²) in [5, 5.41) is 3.77. The quantitative estimate of drug-likeness (QED) is 0.647. The fourth-order valence-electron chi connectivity index (χ4n) is 3.62. The van der Waals surface area contributed by atoms with Crippen molar-refractivity contribution in [3.8, 4) is 0 Å². The van der Waals surface area contributed by atoms with E-state index in [0.29, 0.717) is 0 Å². The molecule has 1 N–H and O–H groups in total. The molecule has 0 aliphatic heterocycles. The molecule has 2 heteroatoms. The van der Waals surface area contributed by atoms with E-state index in [1.54, 1.807) is 0 Å². The second-order valence-electron chi connectivity index (χ2n) is 7.59. The van der Waals surface area contributed by atoms with E-state index in [2.05, 4.69) is 44.8 Å². The fourth-order valence-corrected chi connectivity index (χ4v) is 3.62. The van der Waals surface area contributed by atoms with Crippen molar-refractivity contribution in [2.75, 3.05) is 26.2 Å². The van der Waals surface area contributed by atoms with Gasteiger partial charge in [-0.1, -0.05) is 41.0 Å². The first kappa shape index (κ1) is 18.0. The molecule has 0 saturated heterocycles. The van der Waals surface area contributed by atoms with Gasteiger partial charge in [-0.3, -0.25) is 0 Å². The number of rotatable bonds is 10. The number of hydrogen-bond acceptors (Lipinski definition) is 2. The van der Waals surface area contributed by atoms with Crippen LogP contribution < -0.4 is 5.32 Å². The molecule has 0 aromatic heterocycles. The van der Waals surface area contributed by atoms with E-state index in [9.17, 15) is 0 Å². The largest absolute Gasteiger partial charge is 0.314 e. The third kappa shape index (κ3) is 7.08. The molecule has 0 aromatic carbocycles. The number of nitrogens with zero attached hydrogens (tertiary/aromatic N) is 1. The molecule has 1 aliphatic carbocycles. The molecule has 2 nitrogen and oxygen atoms in total. The van der Waals surface area contributed by atoms with Crippen molar-refractivity contribution >= 4 is 0 Å². The highest BCUT2D eigenvalue weighted by Crippen LogP contribution is 2.28. The molecule has 2 atom stereocenters. The lowest BCUT2D eigenvalue weighted by Crippen LogP contribution is -2.37. The van der Waals surface area contributed by atoms with Gasteiger partial charge in [0, 0.05) is 19.1 Å². The molecule has 0 spiro atoms. The van der Waals surface area contributed by atoms with Crippen molar-refractivity contribution < 1.29 is 0 Å². The van der Waals surface area contributed by atoms with Crippen molar-refractivity contribution in [1.82, 2.24) is 10.2 Å². The zero-order chi connectivity index (χ0) is 15.0. The molecular weight excluding hydrogens is 244 g/mol. The van der Waals surface area contributed by atoms with E-state index < -0.39 is 0 Å². The van der Waals surface area contributed by atoms with Crippen molar-refractivity contribution in [2.45, 2.75) is 72.8 Å². The van der Waals surface area contributed by atoms with Gasteiger partial charge in [0.15, 0.2) is 0 Å². The summed E-state index contributed by atoms with van der Waals surface area (Å²) in [4.78, 5) is 2.70. The molecule has 1 fully saturated rings. The van der Waals surface area contributed by atoms with Gasteiger partial charge < -0.3 is 10.2 Å². The SMILES string of the molecule is CCCNC1CCCC1CCN(CC(C)C)CC(C)C. The van der Waals surface area contributed by atoms with E-state index in [-0.39, 0.29) is 0 Å². The third-order valence-electron chi connectivity index (χ3n) is 4.38. The van der Waals surface area contributed by atoms with Crippen LogP contribution in [0.2, 0.25) is 0 Å². The van der Waals surface area contributed by atoms with Crippen molar-refractivity contribution in [1.29, 1.82) is 0 Å². The van der Waals surface area contributed by atoms with Crippen LogP contribution in [0.15, 0.2) is 0 Å². The van der Waals surface area contributed by atoms with Gasteiger partial charge in [-0.05, 0) is 56.5 Å². The first-order valence-electron chi connectivity index (χ1n) is 8.98. The normalized spacial score (nSPS) is 23.4. The minimum Gasteiger partial charge on any atom is -0.314 e. The summed E-state index contributed by atoms with van der Waals surface area (Å²) in [5.41, 5.74) is 0. The number of nitrogens with one attached hydrogen (secondary N) is 1. The molecule has 0 bridgehead atoms. The Balaban J connectivity index is 2.36. The minimum atomic E-state index is 0.784. The van der Waals surface area contributed by atoms with Crippen molar-refractivity contribution in [2.24, 2.45) is 17.8 Å². The van der Waals surface area contributed by atoms with Gasteiger partial charge in [-0.15, -0.1) is 0 Å². The zero-order valence-corrected chi connectivity index (χ0v) is 14.6. The fraction of sp³-hybridized carbons (Fsp3) is 1.00. The lowest BCUT2D eigenvalue weighted by Gasteiger charge is -2.29. The lowest BCUT2D eigenvalue weighted by molar-refractivity contribution is 0.199. The molecule has 2 unspecified atom stereocenters. The molecule has 0 amide bonds. The van der Waals surface area contributed by atoms with E-state index in [1.165, 1.54) is 58.3 Å². The van der Waals surface area contributed by atoms with Gasteiger partial charge in [-0.2, -0.15) is 0 Å². The predicted octanol–water partition coefficient (Wildman–Crippen LogP) is 4.16. The summed E-state index contributed by atoms with van der Waals surface area (Å²) in [6, 6.07) is 0.801. The van der Waals surface area contributed by atoms with Gasteiger partial charge in [0.2, 0.25) is 0 Å². The Hall–Kier alpha value is -0.0800. The minimum absolute atomic E-state index is 0.784. The van der Waals surface area contributed by atoms with Gasteiger partial charge in [0.1, 0.15) is 0 Å². The Kier molecular flexibility index (Phi) is 8.79. The smallest absolute Gasteiger partial charge is 0.00958 e. The summed E-state index contributed by atoms with van der Waals surface area (Å²) in [6.07, 6.45) is 6.93. The van der Waals surface area contributed by atoms with Crippen LogP contribution in [0.5, 0.6) is 0 Å². The van der Waals surface area contributed by atoms with Crippen molar-refractivity contribution in [3.63, 3.8) is 0 Å². The lowest BCUT2D eigenvalue weighted by atomic mass is 9.98. The van der Waals surface area contributed by atoms with Crippen LogP contribution in [-0.4, -0.2) is 37.1 Å². The summed E-state index contributed by atoms with van der Waals surface area (Å²) >= 11 is 0. The standard InChI is InChI=1S/C18H38N2/c1-6-11-19-18-9-7-8-17(18)10-12-20(13-15(2)3)14-16(4)5/h15-19H,6-14H2,1-5H3. The predicted molar refractivity (Wildman–Crippen MR) is 90.2 cm³/mol. The van der Waals surface area contributed by atoms with E-state index in [1.807, 2.05) is 0 Å². The molecule has 120 valence electrons. The average Bonchev–Trinajstić information content (AvgIpc) is 2.79. The Morgan fingerprint density at radius 1 is 1.05 bits per heavy atom. The highest BCUT2D eigenvalue weighted by Gasteiger charge is 2.26. The van der Waals surface area contributed by atoms with Crippen molar-refractivity contribution in [3.05, 3.63) is 0 Å². The zero-order valence-electron chi connectivity index (χ0n) is 14.6. The third-order valence-corrected chi connectivity index (χ3v) is 4.38. The van der Waals surface area contributed by atoms with Crippen LogP contribution in [0.4, 0.5) is 0 Å². The average molecular weight is 283 g/mol. The summed E-state index contributed by atoms with van der Waals surface area (Å²) in [7, 11) is 0. The molecule has 0 heterocycles. The van der Waals surface area contributed by atoms with E-state index in [4.69, 9.17) is 0 Å². The van der Waals surface area contributed by atoms with E-state index in [0.717, 1.165) is 23.8 Å². The second-order valence-corrected chi connectivity index (χ2v) is 7.59. The Bertz CT molecular complexity index is 228. The monoisotopic (exact) mass is 282 g/mol. The molecule has 20 heavy (non-hydrogen) atoms. The number of hydrogen-bond donors (Lipinski definition) is 1. The Labute approximate surface area is 127 Å². The van der Waals surface area contributed by atoms with Gasteiger partial charge in [0.25, 0.3) is 0 Å². The molecule has 0 aromatic rings. The molecular formula is C18H38N2. The Morgan fingerprint density at radius 2 is 1.70 bits per heavy atom. The van der Waals surface area contributed by atoms with Crippen LogP contribution in [-0.2, 0) is 0 Å². The van der Waals surface area contributed by atoms with Gasteiger partial charge in [-0.25, -0.2) is 0 Å². The highest BCUT2D eigenvalue weighted by atomic mass is 15.1. The topological polar surface area (TPSA) is 15.3 Å². The van der Waals surface area contributed by atoms with Crippen LogP contribution in [0.3, 0.4) is 0 Å². The first-order valence-corrected chi connectivity index (χ1v) is 8.98. The summed E-state index contributed by atoms with van der Waals surface area (Å²) in [5.74, 6) is 2.49. The molecule has 0 radical (unpaired) electrons. The van der Waals surface area contributed by atoms with Crippen LogP contribution >= 0.6 is 0 Å². The van der Waals surface area contributed by atoms with Crippen LogP contribution in [0, 0.1) is 17.8 Å². The first-order chi connectivity index (χ1) is 9.52. The maximum absolute atomic E-state index is 3.77. The van der Waals surface area contributed by atoms with Crippen LogP contribution in [0.25, 0.3) is 0 Å². The molecule has 1 saturated carbocycles. The molecule has 1 aliphatic rings. The molecule has 1 rings (SSSR count). The van der Waals surface area contributed by atoms with Gasteiger partial charge >= 0.3 is 0 Å².